The molecule has 0 unspecified atom stereocenters. The van der Waals surface area contributed by atoms with Crippen molar-refractivity contribution in [2.45, 2.75) is 19.6 Å². The molecule has 1 atom stereocenters. The molecular formula is C19H23N3O3. The molecule has 1 aromatic heterocycles. The first kappa shape index (κ1) is 17.2. The lowest BCUT2D eigenvalue weighted by atomic mass is 10.1. The monoisotopic (exact) mass is 341 g/mol. The number of morpholine rings is 1. The Morgan fingerprint density at radius 3 is 3.12 bits per heavy atom. The summed E-state index contributed by atoms with van der Waals surface area (Å²) in [6.07, 6.45) is 3.40. The Labute approximate surface area is 147 Å². The summed E-state index contributed by atoms with van der Waals surface area (Å²) in [6.45, 7) is 4.11. The summed E-state index contributed by atoms with van der Waals surface area (Å²) in [7, 11) is 1.64. The molecule has 0 aliphatic carbocycles. The van der Waals surface area contributed by atoms with E-state index in [1.807, 2.05) is 37.3 Å². The quantitative estimate of drug-likeness (QED) is 0.929. The van der Waals surface area contributed by atoms with E-state index in [9.17, 15) is 4.79 Å². The van der Waals surface area contributed by atoms with Gasteiger partial charge in [-0.05, 0) is 41.8 Å². The average molecular weight is 341 g/mol. The van der Waals surface area contributed by atoms with Gasteiger partial charge in [0.05, 0.1) is 20.3 Å². The third kappa shape index (κ3) is 4.28. The van der Waals surface area contributed by atoms with Crippen molar-refractivity contribution < 1.29 is 14.3 Å². The van der Waals surface area contributed by atoms with Crippen LogP contribution in [0.1, 0.15) is 22.8 Å². The first-order valence-corrected chi connectivity index (χ1v) is 8.35. The summed E-state index contributed by atoms with van der Waals surface area (Å²) in [4.78, 5) is 18.4. The lowest BCUT2D eigenvalue weighted by Gasteiger charge is -2.33. The highest BCUT2D eigenvalue weighted by Gasteiger charge is 2.25. The SMILES string of the molecule is COc1cccc([C@H]2CN(C(=O)NCc3ccncc3C)CCO2)c1. The van der Waals surface area contributed by atoms with Crippen LogP contribution in [0.4, 0.5) is 4.79 Å². The number of urea groups is 1. The minimum Gasteiger partial charge on any atom is -0.497 e. The van der Waals surface area contributed by atoms with E-state index >= 15 is 0 Å². The van der Waals surface area contributed by atoms with Gasteiger partial charge in [-0.1, -0.05) is 12.1 Å². The lowest BCUT2D eigenvalue weighted by Crippen LogP contribution is -2.47. The van der Waals surface area contributed by atoms with Gasteiger partial charge in [-0.25, -0.2) is 4.79 Å². The Kier molecular flexibility index (Phi) is 5.50. The molecule has 25 heavy (non-hydrogen) atoms. The Hall–Kier alpha value is -2.60. The summed E-state index contributed by atoms with van der Waals surface area (Å²) in [5.74, 6) is 0.788. The second-order valence-electron chi connectivity index (χ2n) is 6.04. The summed E-state index contributed by atoms with van der Waals surface area (Å²) in [6, 6.07) is 9.62. The number of rotatable bonds is 4. The summed E-state index contributed by atoms with van der Waals surface area (Å²) >= 11 is 0. The van der Waals surface area contributed by atoms with Gasteiger partial charge in [-0.15, -0.1) is 0 Å². The largest absolute Gasteiger partial charge is 0.497 e. The molecule has 6 heteroatoms. The third-order valence-corrected chi connectivity index (χ3v) is 4.39. The van der Waals surface area contributed by atoms with Crippen LogP contribution in [0.5, 0.6) is 5.75 Å². The summed E-state index contributed by atoms with van der Waals surface area (Å²) < 4.78 is 11.1. The predicted octanol–water partition coefficient (Wildman–Crippen LogP) is 2.68. The molecule has 1 aliphatic rings. The molecule has 3 rings (SSSR count). The van der Waals surface area contributed by atoms with E-state index in [0.717, 1.165) is 22.4 Å². The third-order valence-electron chi connectivity index (χ3n) is 4.39. The maximum Gasteiger partial charge on any atom is 0.317 e. The highest BCUT2D eigenvalue weighted by Crippen LogP contribution is 2.25. The molecule has 0 bridgehead atoms. The number of benzene rings is 1. The molecule has 0 saturated carbocycles. The molecule has 2 heterocycles. The molecule has 0 radical (unpaired) electrons. The number of hydrogen-bond acceptors (Lipinski definition) is 4. The number of carbonyl (C=O) groups excluding carboxylic acids is 1. The smallest absolute Gasteiger partial charge is 0.317 e. The summed E-state index contributed by atoms with van der Waals surface area (Å²) in [5, 5.41) is 2.98. The van der Waals surface area contributed by atoms with Crippen molar-refractivity contribution in [1.29, 1.82) is 0 Å². The predicted molar refractivity (Wildman–Crippen MR) is 94.5 cm³/mol. The first-order chi connectivity index (χ1) is 12.2. The van der Waals surface area contributed by atoms with Crippen LogP contribution >= 0.6 is 0 Å². The van der Waals surface area contributed by atoms with E-state index in [0.29, 0.717) is 26.2 Å². The first-order valence-electron chi connectivity index (χ1n) is 8.35. The highest BCUT2D eigenvalue weighted by atomic mass is 16.5. The van der Waals surface area contributed by atoms with Gasteiger partial charge in [0.2, 0.25) is 0 Å². The molecule has 2 aromatic rings. The number of ether oxygens (including phenoxy) is 2. The van der Waals surface area contributed by atoms with Gasteiger partial charge in [-0.3, -0.25) is 4.98 Å². The number of nitrogens with one attached hydrogen (secondary N) is 1. The molecular weight excluding hydrogens is 318 g/mol. The minimum absolute atomic E-state index is 0.0765. The number of aryl methyl sites for hydroxylation is 1. The molecule has 1 aliphatic heterocycles. The number of hydrogen-bond donors (Lipinski definition) is 1. The molecule has 1 saturated heterocycles. The Morgan fingerprint density at radius 2 is 2.32 bits per heavy atom. The number of amides is 2. The molecule has 1 fully saturated rings. The number of nitrogens with zero attached hydrogens (tertiary/aromatic N) is 2. The van der Waals surface area contributed by atoms with E-state index in [2.05, 4.69) is 10.3 Å². The van der Waals surface area contributed by atoms with E-state index in [1.165, 1.54) is 0 Å². The van der Waals surface area contributed by atoms with Crippen LogP contribution in [0.3, 0.4) is 0 Å². The number of carbonyl (C=O) groups is 1. The molecule has 1 N–H and O–H groups in total. The standard InChI is InChI=1S/C19H23N3O3/c1-14-11-20-7-6-16(14)12-21-19(23)22-8-9-25-18(13-22)15-4-3-5-17(10-15)24-2/h3-7,10-11,18H,8-9,12-13H2,1-2H3,(H,21,23)/t18-/m1/s1. The molecule has 0 spiro atoms. The van der Waals surface area contributed by atoms with Gasteiger partial charge in [0.1, 0.15) is 11.9 Å². The summed E-state index contributed by atoms with van der Waals surface area (Å²) in [5.41, 5.74) is 3.15. The number of pyridine rings is 1. The average Bonchev–Trinajstić information content (AvgIpc) is 2.67. The van der Waals surface area contributed by atoms with E-state index in [4.69, 9.17) is 9.47 Å². The van der Waals surface area contributed by atoms with Crippen LogP contribution in [0.25, 0.3) is 0 Å². The van der Waals surface area contributed by atoms with E-state index in [-0.39, 0.29) is 12.1 Å². The molecule has 1 aromatic carbocycles. The fraction of sp³-hybridized carbons (Fsp3) is 0.368. The topological polar surface area (TPSA) is 63.7 Å². The Balaban J connectivity index is 1.60. The number of methoxy groups -OCH3 is 1. The Bertz CT molecular complexity index is 735. The van der Waals surface area contributed by atoms with Crippen molar-refractivity contribution in [3.05, 3.63) is 59.4 Å². The normalized spacial score (nSPS) is 17.2. The highest BCUT2D eigenvalue weighted by molar-refractivity contribution is 5.74. The van der Waals surface area contributed by atoms with Crippen LogP contribution in [0.15, 0.2) is 42.7 Å². The van der Waals surface area contributed by atoms with Crippen molar-refractivity contribution in [1.82, 2.24) is 15.2 Å². The van der Waals surface area contributed by atoms with E-state index < -0.39 is 0 Å². The van der Waals surface area contributed by atoms with Gasteiger partial charge >= 0.3 is 6.03 Å². The Morgan fingerprint density at radius 1 is 1.44 bits per heavy atom. The van der Waals surface area contributed by atoms with Crippen LogP contribution in [0.2, 0.25) is 0 Å². The van der Waals surface area contributed by atoms with Crippen molar-refractivity contribution >= 4 is 6.03 Å². The maximum atomic E-state index is 12.5. The van der Waals surface area contributed by atoms with Gasteiger partial charge in [0, 0.05) is 25.5 Å². The fourth-order valence-corrected chi connectivity index (χ4v) is 2.86. The lowest BCUT2D eigenvalue weighted by molar-refractivity contribution is -0.0155. The van der Waals surface area contributed by atoms with Gasteiger partial charge < -0.3 is 19.7 Å². The molecule has 2 amide bonds. The zero-order chi connectivity index (χ0) is 17.6. The second-order valence-corrected chi connectivity index (χ2v) is 6.04. The van der Waals surface area contributed by atoms with Crippen LogP contribution < -0.4 is 10.1 Å². The van der Waals surface area contributed by atoms with Crippen LogP contribution in [-0.4, -0.2) is 42.7 Å². The minimum atomic E-state index is -0.141. The van der Waals surface area contributed by atoms with Crippen molar-refractivity contribution in [2.24, 2.45) is 0 Å². The van der Waals surface area contributed by atoms with Crippen molar-refractivity contribution in [3.8, 4) is 5.75 Å². The van der Waals surface area contributed by atoms with Gasteiger partial charge in [0.15, 0.2) is 0 Å². The van der Waals surface area contributed by atoms with Crippen LogP contribution in [0, 0.1) is 6.92 Å². The van der Waals surface area contributed by atoms with Crippen molar-refractivity contribution in [2.75, 3.05) is 26.8 Å². The fourth-order valence-electron chi connectivity index (χ4n) is 2.86. The molecule has 6 nitrogen and oxygen atoms in total. The molecule has 132 valence electrons. The zero-order valence-electron chi connectivity index (χ0n) is 14.6. The zero-order valence-corrected chi connectivity index (χ0v) is 14.6. The van der Waals surface area contributed by atoms with Gasteiger partial charge in [0.25, 0.3) is 0 Å². The number of aromatic nitrogens is 1. The van der Waals surface area contributed by atoms with Crippen molar-refractivity contribution in [3.63, 3.8) is 0 Å². The maximum absolute atomic E-state index is 12.5. The van der Waals surface area contributed by atoms with E-state index in [1.54, 1.807) is 24.4 Å². The van der Waals surface area contributed by atoms with Gasteiger partial charge in [-0.2, -0.15) is 0 Å². The second kappa shape index (κ2) is 7.98. The van der Waals surface area contributed by atoms with Crippen LogP contribution in [-0.2, 0) is 11.3 Å².